The van der Waals surface area contributed by atoms with Crippen molar-refractivity contribution in [2.75, 3.05) is 6.54 Å². The van der Waals surface area contributed by atoms with Crippen LogP contribution in [0.15, 0.2) is 0 Å². The van der Waals surface area contributed by atoms with Crippen molar-refractivity contribution in [3.8, 4) is 0 Å². The summed E-state index contributed by atoms with van der Waals surface area (Å²) in [4.78, 5) is 14.3. The molecule has 0 unspecified atom stereocenters. The summed E-state index contributed by atoms with van der Waals surface area (Å²) in [5, 5.41) is 6.88. The molecule has 0 radical (unpaired) electrons. The van der Waals surface area contributed by atoms with Gasteiger partial charge in [0.15, 0.2) is 5.82 Å². The molecule has 4 rings (SSSR count). The Kier molecular flexibility index (Phi) is 2.99. The molecule has 0 N–H and O–H groups in total. The summed E-state index contributed by atoms with van der Waals surface area (Å²) in [6.45, 7) is 0.556. The molecule has 2 bridgehead atoms. The van der Waals surface area contributed by atoms with E-state index in [-0.39, 0.29) is 30.7 Å². The quantitative estimate of drug-likeness (QED) is 0.797. The van der Waals surface area contributed by atoms with Gasteiger partial charge in [-0.25, -0.2) is 0 Å². The van der Waals surface area contributed by atoms with E-state index >= 15 is 0 Å². The number of hydrogen-bond acceptors (Lipinski definition) is 3. The molecule has 2 fully saturated rings. The standard InChI is InChI=1S/C14H17F3N4O/c15-14(16,17)13-19-18-11-7-20(3-4-21(11)13)12(22)10-6-8-1-2-9(10)5-8/h8-10H,1-7H2/t8-,9-,10-/m0/s1. The summed E-state index contributed by atoms with van der Waals surface area (Å²) < 4.78 is 39.5. The summed E-state index contributed by atoms with van der Waals surface area (Å²) >= 11 is 0. The van der Waals surface area contributed by atoms with Gasteiger partial charge in [-0.15, -0.1) is 10.2 Å². The van der Waals surface area contributed by atoms with Crippen LogP contribution in [0.2, 0.25) is 0 Å². The molecule has 8 heteroatoms. The Balaban J connectivity index is 1.51. The van der Waals surface area contributed by atoms with Gasteiger partial charge in [0.05, 0.1) is 6.54 Å². The summed E-state index contributed by atoms with van der Waals surface area (Å²) in [6.07, 6.45) is -0.0811. The Morgan fingerprint density at radius 1 is 1.14 bits per heavy atom. The molecule has 22 heavy (non-hydrogen) atoms. The van der Waals surface area contributed by atoms with Gasteiger partial charge >= 0.3 is 6.18 Å². The number of aromatic nitrogens is 3. The van der Waals surface area contributed by atoms with E-state index in [1.807, 2.05) is 0 Å². The van der Waals surface area contributed by atoms with Gasteiger partial charge in [0, 0.05) is 19.0 Å². The Labute approximate surface area is 125 Å². The third-order valence-corrected chi connectivity index (χ3v) is 5.37. The van der Waals surface area contributed by atoms with Crippen molar-refractivity contribution in [2.24, 2.45) is 17.8 Å². The van der Waals surface area contributed by atoms with Gasteiger partial charge in [-0.3, -0.25) is 4.79 Å². The first-order valence-corrected chi connectivity index (χ1v) is 7.71. The van der Waals surface area contributed by atoms with Crippen LogP contribution in [0.3, 0.4) is 0 Å². The Bertz CT molecular complexity index is 612. The number of halogens is 3. The van der Waals surface area contributed by atoms with Gasteiger partial charge in [0.2, 0.25) is 11.7 Å². The highest BCUT2D eigenvalue weighted by Gasteiger charge is 2.45. The number of amides is 1. The fourth-order valence-electron chi connectivity index (χ4n) is 4.34. The molecule has 2 saturated carbocycles. The Morgan fingerprint density at radius 2 is 1.95 bits per heavy atom. The van der Waals surface area contributed by atoms with Gasteiger partial charge in [0.25, 0.3) is 0 Å². The van der Waals surface area contributed by atoms with Crippen molar-refractivity contribution in [3.63, 3.8) is 0 Å². The monoisotopic (exact) mass is 314 g/mol. The molecule has 5 nitrogen and oxygen atoms in total. The predicted octanol–water partition coefficient (Wildman–Crippen LogP) is 2.08. The van der Waals surface area contributed by atoms with Crippen LogP contribution in [0, 0.1) is 17.8 Å². The first-order chi connectivity index (χ1) is 10.4. The maximum atomic E-state index is 12.8. The lowest BCUT2D eigenvalue weighted by molar-refractivity contribution is -0.148. The zero-order valence-corrected chi connectivity index (χ0v) is 12.0. The third kappa shape index (κ3) is 2.11. The molecular weight excluding hydrogens is 297 g/mol. The van der Waals surface area contributed by atoms with Crippen molar-refractivity contribution < 1.29 is 18.0 Å². The van der Waals surface area contributed by atoms with Gasteiger partial charge in [0.1, 0.15) is 0 Å². The lowest BCUT2D eigenvalue weighted by Crippen LogP contribution is -2.43. The van der Waals surface area contributed by atoms with Crippen LogP contribution in [0.5, 0.6) is 0 Å². The predicted molar refractivity (Wildman–Crippen MR) is 69.4 cm³/mol. The van der Waals surface area contributed by atoms with E-state index in [1.54, 1.807) is 4.90 Å². The number of fused-ring (bicyclic) bond motifs is 3. The van der Waals surface area contributed by atoms with Crippen LogP contribution < -0.4 is 0 Å². The Morgan fingerprint density at radius 3 is 2.59 bits per heavy atom. The molecular formula is C14H17F3N4O. The van der Waals surface area contributed by atoms with E-state index in [0.717, 1.165) is 23.8 Å². The van der Waals surface area contributed by atoms with Crippen molar-refractivity contribution in [2.45, 2.75) is 44.9 Å². The van der Waals surface area contributed by atoms with Crippen LogP contribution in [-0.4, -0.2) is 32.1 Å². The fraction of sp³-hybridized carbons (Fsp3) is 0.786. The number of rotatable bonds is 1. The molecule has 2 heterocycles. The van der Waals surface area contributed by atoms with Crippen molar-refractivity contribution in [1.29, 1.82) is 0 Å². The molecule has 3 aliphatic rings. The normalized spacial score (nSPS) is 30.7. The number of carbonyl (C=O) groups is 1. The average molecular weight is 314 g/mol. The van der Waals surface area contributed by atoms with Crippen molar-refractivity contribution in [3.05, 3.63) is 11.6 Å². The van der Waals surface area contributed by atoms with Crippen LogP contribution in [-0.2, 0) is 24.1 Å². The van der Waals surface area contributed by atoms with Gasteiger partial charge in [-0.1, -0.05) is 6.42 Å². The van der Waals surface area contributed by atoms with Crippen molar-refractivity contribution in [1.82, 2.24) is 19.7 Å². The van der Waals surface area contributed by atoms with E-state index in [9.17, 15) is 18.0 Å². The Hall–Kier alpha value is -1.60. The van der Waals surface area contributed by atoms with Crippen LogP contribution >= 0.6 is 0 Å². The minimum atomic E-state index is -4.50. The number of nitrogens with zero attached hydrogens (tertiary/aromatic N) is 4. The molecule has 1 aliphatic heterocycles. The third-order valence-electron chi connectivity index (χ3n) is 5.37. The lowest BCUT2D eigenvalue weighted by atomic mass is 9.87. The summed E-state index contributed by atoms with van der Waals surface area (Å²) in [5.74, 6) is 0.571. The molecule has 0 saturated heterocycles. The highest BCUT2D eigenvalue weighted by atomic mass is 19.4. The van der Waals surface area contributed by atoms with Crippen LogP contribution in [0.1, 0.15) is 37.3 Å². The molecule has 120 valence electrons. The SMILES string of the molecule is O=C([C@H]1C[C@H]2CC[C@H]1C2)N1CCn2c(nnc2C(F)(F)F)C1. The molecule has 2 aliphatic carbocycles. The van der Waals surface area contributed by atoms with Crippen LogP contribution in [0.4, 0.5) is 13.2 Å². The van der Waals surface area contributed by atoms with Gasteiger partial charge in [-0.05, 0) is 31.1 Å². The maximum Gasteiger partial charge on any atom is 0.451 e. The second-order valence-electron chi connectivity index (χ2n) is 6.63. The highest BCUT2D eigenvalue weighted by Crippen LogP contribution is 2.49. The molecule has 1 aromatic heterocycles. The van der Waals surface area contributed by atoms with Crippen molar-refractivity contribution >= 4 is 5.91 Å². The van der Waals surface area contributed by atoms with E-state index in [4.69, 9.17) is 0 Å². The minimum absolute atomic E-state index is 0.0651. The molecule has 0 aromatic carbocycles. The smallest absolute Gasteiger partial charge is 0.333 e. The molecule has 3 atom stereocenters. The average Bonchev–Trinajstić information content (AvgIpc) is 3.18. The number of alkyl halides is 3. The molecule has 1 aromatic rings. The van der Waals surface area contributed by atoms with E-state index in [0.29, 0.717) is 18.4 Å². The largest absolute Gasteiger partial charge is 0.451 e. The second-order valence-corrected chi connectivity index (χ2v) is 6.63. The molecule has 1 amide bonds. The van der Waals surface area contributed by atoms with Gasteiger partial charge < -0.3 is 9.47 Å². The lowest BCUT2D eigenvalue weighted by Gasteiger charge is -2.32. The van der Waals surface area contributed by atoms with E-state index < -0.39 is 12.0 Å². The fourth-order valence-corrected chi connectivity index (χ4v) is 4.34. The number of carbonyl (C=O) groups excluding carboxylic acids is 1. The maximum absolute atomic E-state index is 12.8. The zero-order chi connectivity index (χ0) is 15.5. The topological polar surface area (TPSA) is 51.0 Å². The second kappa shape index (κ2) is 4.70. The summed E-state index contributed by atoms with van der Waals surface area (Å²) in [7, 11) is 0. The first kappa shape index (κ1) is 14.0. The molecule has 0 spiro atoms. The van der Waals surface area contributed by atoms with Gasteiger partial charge in [-0.2, -0.15) is 13.2 Å². The number of hydrogen-bond donors (Lipinski definition) is 0. The highest BCUT2D eigenvalue weighted by molar-refractivity contribution is 5.79. The van der Waals surface area contributed by atoms with E-state index in [1.165, 1.54) is 6.42 Å². The minimum Gasteiger partial charge on any atom is -0.333 e. The van der Waals surface area contributed by atoms with E-state index in [2.05, 4.69) is 10.2 Å². The zero-order valence-electron chi connectivity index (χ0n) is 12.0. The first-order valence-electron chi connectivity index (χ1n) is 7.71. The summed E-state index contributed by atoms with van der Waals surface area (Å²) in [6, 6.07) is 0. The summed E-state index contributed by atoms with van der Waals surface area (Å²) in [5.41, 5.74) is 0. The van der Waals surface area contributed by atoms with Crippen LogP contribution in [0.25, 0.3) is 0 Å².